The van der Waals surface area contributed by atoms with Gasteiger partial charge in [0, 0.05) is 12.6 Å². The summed E-state index contributed by atoms with van der Waals surface area (Å²) in [6, 6.07) is 0. The van der Waals surface area contributed by atoms with Crippen LogP contribution in [0.25, 0.3) is 0 Å². The van der Waals surface area contributed by atoms with E-state index in [9.17, 15) is 9.90 Å². The van der Waals surface area contributed by atoms with Crippen molar-refractivity contribution in [1.82, 2.24) is 0 Å². The van der Waals surface area contributed by atoms with E-state index in [1.807, 2.05) is 18.2 Å². The molecule has 3 nitrogen and oxygen atoms in total. The highest BCUT2D eigenvalue weighted by Gasteiger charge is 1.81. The first-order chi connectivity index (χ1) is 12.3. The smallest absolute Gasteiger partial charge is 0.0465 e. The Kier molecular flexibility index (Phi) is 18.2. The van der Waals surface area contributed by atoms with Gasteiger partial charge in [0.2, 0.25) is 0 Å². The molecule has 0 saturated heterocycles. The first kappa shape index (κ1) is 22.9. The zero-order valence-corrected chi connectivity index (χ0v) is 15.1. The number of aliphatic hydroxyl groups is 1. The van der Waals surface area contributed by atoms with E-state index in [4.69, 9.17) is 5.11 Å². The maximum Gasteiger partial charge on any atom is 0.0465 e. The maximum absolute atomic E-state index is 10.2. The summed E-state index contributed by atoms with van der Waals surface area (Å²) in [7, 11) is 0. The Balaban J connectivity index is 3.51. The molecule has 0 heterocycles. The van der Waals surface area contributed by atoms with E-state index in [1.54, 1.807) is 0 Å². The van der Waals surface area contributed by atoms with Crippen LogP contribution in [0.1, 0.15) is 51.4 Å². The van der Waals surface area contributed by atoms with E-state index in [2.05, 4.69) is 54.7 Å². The number of carbonyl (C=O) groups excluding carboxylic acids is 1. The summed E-state index contributed by atoms with van der Waals surface area (Å²) in [4.78, 5) is 10.2. The Hall–Kier alpha value is -2.13. The average molecular weight is 343 g/mol. The molecule has 3 heteroatoms. The molecule has 138 valence electrons. The van der Waals surface area contributed by atoms with Gasteiger partial charge in [-0.15, -0.1) is 0 Å². The van der Waals surface area contributed by atoms with Crippen LogP contribution in [0.2, 0.25) is 0 Å². The topological polar surface area (TPSA) is 60.4 Å². The Morgan fingerprint density at radius 1 is 0.600 bits per heavy atom. The third-order valence-corrected chi connectivity index (χ3v) is 3.17. The van der Waals surface area contributed by atoms with Crippen molar-refractivity contribution >= 4 is 5.97 Å². The Labute approximate surface area is 152 Å². The number of aliphatic hydroxyl groups excluding tert-OH is 1. The lowest BCUT2D eigenvalue weighted by atomic mass is 10.2. The minimum absolute atomic E-state index is 0.0912. The minimum Gasteiger partial charge on any atom is -0.550 e. The zero-order valence-electron chi connectivity index (χ0n) is 15.1. The van der Waals surface area contributed by atoms with Gasteiger partial charge < -0.3 is 15.0 Å². The molecule has 0 fully saturated rings. The molecule has 0 aliphatic carbocycles. The number of carbonyl (C=O) groups is 1. The standard InChI is InChI=1S/C22H32O3/c23-21-19-17-15-13-11-9-7-5-3-1-2-4-6-8-10-12-14-16-18-20-22(24)25/h2-5,8-11,14-17,23H,1,6-7,12-13,18-21H2,(H,24,25)/p-1/b4-2-,5-3-,10-8-,11-9-,16-14-,17-15-. The van der Waals surface area contributed by atoms with E-state index < -0.39 is 5.97 Å². The van der Waals surface area contributed by atoms with Crippen molar-refractivity contribution in [2.24, 2.45) is 0 Å². The Morgan fingerprint density at radius 3 is 1.24 bits per heavy atom. The van der Waals surface area contributed by atoms with E-state index in [0.717, 1.165) is 38.5 Å². The van der Waals surface area contributed by atoms with Gasteiger partial charge in [0.1, 0.15) is 0 Å². The molecule has 0 amide bonds. The van der Waals surface area contributed by atoms with Crippen LogP contribution in [0, 0.1) is 0 Å². The van der Waals surface area contributed by atoms with Gasteiger partial charge in [-0.1, -0.05) is 72.9 Å². The predicted octanol–water partition coefficient (Wildman–Crippen LogP) is 4.19. The average Bonchev–Trinajstić information content (AvgIpc) is 2.60. The highest BCUT2D eigenvalue weighted by Crippen LogP contribution is 1.97. The Morgan fingerprint density at radius 2 is 0.920 bits per heavy atom. The van der Waals surface area contributed by atoms with Gasteiger partial charge in [-0.2, -0.15) is 0 Å². The zero-order chi connectivity index (χ0) is 18.4. The lowest BCUT2D eigenvalue weighted by molar-refractivity contribution is -0.305. The summed E-state index contributed by atoms with van der Waals surface area (Å²) in [5.41, 5.74) is 0. The monoisotopic (exact) mass is 343 g/mol. The largest absolute Gasteiger partial charge is 0.550 e. The molecule has 0 spiro atoms. The normalized spacial score (nSPS) is 13.0. The SMILES string of the molecule is O=C([O-])CC/C=C\C/C=C\C/C=C\C/C=C\C/C=C\C/C=C\CCO. The molecule has 0 aliphatic heterocycles. The molecule has 0 aromatic heterocycles. The molecular formula is C22H31O3-. The van der Waals surface area contributed by atoms with Gasteiger partial charge in [0.25, 0.3) is 0 Å². The second kappa shape index (κ2) is 19.9. The van der Waals surface area contributed by atoms with Crippen molar-refractivity contribution < 1.29 is 15.0 Å². The van der Waals surface area contributed by atoms with Crippen molar-refractivity contribution in [2.45, 2.75) is 51.4 Å². The van der Waals surface area contributed by atoms with Crippen LogP contribution in [0.3, 0.4) is 0 Å². The highest BCUT2D eigenvalue weighted by atomic mass is 16.4. The molecule has 25 heavy (non-hydrogen) atoms. The number of allylic oxidation sites excluding steroid dienone is 11. The maximum atomic E-state index is 10.2. The number of carboxylic acid groups (broad SMARTS) is 1. The summed E-state index contributed by atoms with van der Waals surface area (Å²) < 4.78 is 0. The third kappa shape index (κ3) is 21.9. The quantitative estimate of drug-likeness (QED) is 0.454. The predicted molar refractivity (Wildman–Crippen MR) is 104 cm³/mol. The Bertz CT molecular complexity index is 480. The first-order valence-electron chi connectivity index (χ1n) is 8.98. The van der Waals surface area contributed by atoms with E-state index in [-0.39, 0.29) is 13.0 Å². The molecule has 0 aromatic carbocycles. The van der Waals surface area contributed by atoms with Crippen molar-refractivity contribution in [3.05, 3.63) is 72.9 Å². The fourth-order valence-electron chi connectivity index (χ4n) is 1.87. The molecular weight excluding hydrogens is 312 g/mol. The molecule has 0 aromatic rings. The number of hydrogen-bond acceptors (Lipinski definition) is 3. The number of hydrogen-bond donors (Lipinski definition) is 1. The van der Waals surface area contributed by atoms with Crippen molar-refractivity contribution in [2.75, 3.05) is 6.61 Å². The fraction of sp³-hybridized carbons (Fsp3) is 0.409. The lowest BCUT2D eigenvalue weighted by Gasteiger charge is -1.95. The van der Waals surface area contributed by atoms with Gasteiger partial charge in [-0.3, -0.25) is 0 Å². The van der Waals surface area contributed by atoms with Gasteiger partial charge in [-0.05, 0) is 51.4 Å². The van der Waals surface area contributed by atoms with Gasteiger partial charge in [0.05, 0.1) is 0 Å². The highest BCUT2D eigenvalue weighted by molar-refractivity contribution is 5.64. The van der Waals surface area contributed by atoms with E-state index >= 15 is 0 Å². The molecule has 0 rings (SSSR count). The molecule has 0 bridgehead atoms. The second-order valence-electron chi connectivity index (χ2n) is 5.43. The molecule has 0 radical (unpaired) electrons. The second-order valence-corrected chi connectivity index (χ2v) is 5.43. The number of aliphatic carboxylic acids is 1. The third-order valence-electron chi connectivity index (χ3n) is 3.17. The van der Waals surface area contributed by atoms with Crippen LogP contribution in [-0.4, -0.2) is 17.7 Å². The minimum atomic E-state index is -0.998. The summed E-state index contributed by atoms with van der Waals surface area (Å²) in [5.74, 6) is -0.998. The van der Waals surface area contributed by atoms with Gasteiger partial charge >= 0.3 is 0 Å². The van der Waals surface area contributed by atoms with Crippen molar-refractivity contribution in [1.29, 1.82) is 0 Å². The van der Waals surface area contributed by atoms with Crippen LogP contribution in [0.5, 0.6) is 0 Å². The molecule has 0 saturated carbocycles. The van der Waals surface area contributed by atoms with Crippen LogP contribution >= 0.6 is 0 Å². The summed E-state index contributed by atoms with van der Waals surface area (Å²) in [6.45, 7) is 0.218. The summed E-state index contributed by atoms with van der Waals surface area (Å²) >= 11 is 0. The lowest BCUT2D eigenvalue weighted by Crippen LogP contribution is -2.21. The molecule has 0 unspecified atom stereocenters. The summed E-state index contributed by atoms with van der Waals surface area (Å²) in [5, 5.41) is 18.8. The van der Waals surface area contributed by atoms with Crippen molar-refractivity contribution in [3.63, 3.8) is 0 Å². The van der Waals surface area contributed by atoms with E-state index in [0.29, 0.717) is 6.42 Å². The molecule has 0 aliphatic rings. The van der Waals surface area contributed by atoms with Crippen molar-refractivity contribution in [3.8, 4) is 0 Å². The van der Waals surface area contributed by atoms with Crippen LogP contribution < -0.4 is 5.11 Å². The molecule has 0 atom stereocenters. The fourth-order valence-corrected chi connectivity index (χ4v) is 1.87. The van der Waals surface area contributed by atoms with Crippen LogP contribution in [0.4, 0.5) is 0 Å². The first-order valence-corrected chi connectivity index (χ1v) is 8.98. The van der Waals surface area contributed by atoms with E-state index in [1.165, 1.54) is 0 Å². The summed E-state index contributed by atoms with van der Waals surface area (Å²) in [6.07, 6.45) is 30.9. The van der Waals surface area contributed by atoms with Gasteiger partial charge in [-0.25, -0.2) is 0 Å². The number of rotatable bonds is 15. The number of carboxylic acids is 1. The van der Waals surface area contributed by atoms with Crippen LogP contribution in [-0.2, 0) is 4.79 Å². The van der Waals surface area contributed by atoms with Crippen LogP contribution in [0.15, 0.2) is 72.9 Å². The molecule has 1 N–H and O–H groups in total. The van der Waals surface area contributed by atoms with Gasteiger partial charge in [0.15, 0.2) is 0 Å².